The van der Waals surface area contributed by atoms with Gasteiger partial charge in [0.05, 0.1) is 0 Å². The lowest BCUT2D eigenvalue weighted by Crippen LogP contribution is -2.41. The summed E-state index contributed by atoms with van der Waals surface area (Å²) in [5.41, 5.74) is 0. The maximum absolute atomic E-state index is 12.7. The van der Waals surface area contributed by atoms with Gasteiger partial charge in [0, 0.05) is 31.6 Å². The lowest BCUT2D eigenvalue weighted by molar-refractivity contribution is -0.132. The summed E-state index contributed by atoms with van der Waals surface area (Å²) in [6.07, 6.45) is 13.2. The highest BCUT2D eigenvalue weighted by atomic mass is 35.5. The Morgan fingerprint density at radius 1 is 0.957 bits per heavy atom. The molecule has 2 saturated heterocycles. The van der Waals surface area contributed by atoms with Gasteiger partial charge in [-0.3, -0.25) is 4.79 Å². The summed E-state index contributed by atoms with van der Waals surface area (Å²) < 4.78 is 0. The van der Waals surface area contributed by atoms with Crippen LogP contribution in [-0.2, 0) is 4.79 Å². The number of nitrogens with one attached hydrogen (secondary N) is 1. The van der Waals surface area contributed by atoms with E-state index < -0.39 is 0 Å². The molecule has 0 aromatic rings. The fraction of sp³-hybridized carbons (Fsp3) is 0.947. The minimum Gasteiger partial charge on any atom is -0.343 e. The fourth-order valence-corrected chi connectivity index (χ4v) is 4.18. The van der Waals surface area contributed by atoms with Crippen molar-refractivity contribution < 1.29 is 4.79 Å². The molecule has 4 heteroatoms. The van der Waals surface area contributed by atoms with Crippen molar-refractivity contribution in [2.24, 2.45) is 5.92 Å². The molecule has 2 bridgehead atoms. The fourth-order valence-electron chi connectivity index (χ4n) is 4.18. The zero-order chi connectivity index (χ0) is 15.8. The molecule has 0 aliphatic carbocycles. The van der Waals surface area contributed by atoms with E-state index in [-0.39, 0.29) is 12.4 Å². The zero-order valence-corrected chi connectivity index (χ0v) is 16.0. The van der Waals surface area contributed by atoms with Crippen molar-refractivity contribution in [2.75, 3.05) is 13.1 Å². The van der Waals surface area contributed by atoms with Gasteiger partial charge in [-0.25, -0.2) is 0 Å². The molecule has 0 aromatic heterocycles. The van der Waals surface area contributed by atoms with Gasteiger partial charge in [-0.1, -0.05) is 39.5 Å². The molecule has 136 valence electrons. The van der Waals surface area contributed by atoms with Crippen LogP contribution in [0.15, 0.2) is 0 Å². The van der Waals surface area contributed by atoms with Gasteiger partial charge in [0.1, 0.15) is 0 Å². The highest BCUT2D eigenvalue weighted by Gasteiger charge is 2.34. The van der Waals surface area contributed by atoms with Gasteiger partial charge >= 0.3 is 0 Å². The quantitative estimate of drug-likeness (QED) is 0.590. The summed E-state index contributed by atoms with van der Waals surface area (Å²) in [6, 6.07) is 1.40. The van der Waals surface area contributed by atoms with Crippen LogP contribution in [0.1, 0.15) is 84.5 Å². The molecule has 1 N–H and O–H groups in total. The smallest absolute Gasteiger partial charge is 0.222 e. The maximum atomic E-state index is 12.7. The molecule has 2 heterocycles. The van der Waals surface area contributed by atoms with Gasteiger partial charge < -0.3 is 10.2 Å². The second-order valence-electron chi connectivity index (χ2n) is 7.47. The van der Waals surface area contributed by atoms with Crippen LogP contribution in [0.2, 0.25) is 0 Å². The van der Waals surface area contributed by atoms with Crippen LogP contribution in [0.4, 0.5) is 0 Å². The van der Waals surface area contributed by atoms with Crippen molar-refractivity contribution in [3.8, 4) is 0 Å². The van der Waals surface area contributed by atoms with Gasteiger partial charge in [-0.2, -0.15) is 0 Å². The Labute approximate surface area is 149 Å². The normalized spacial score (nSPS) is 25.9. The molecule has 1 amide bonds. The van der Waals surface area contributed by atoms with E-state index in [0.29, 0.717) is 23.9 Å². The zero-order valence-electron chi connectivity index (χ0n) is 15.2. The monoisotopic (exact) mass is 344 g/mol. The Balaban J connectivity index is 0.00000264. The largest absolute Gasteiger partial charge is 0.343 e. The van der Waals surface area contributed by atoms with Crippen LogP contribution < -0.4 is 5.32 Å². The molecule has 0 saturated carbocycles. The van der Waals surface area contributed by atoms with Crippen molar-refractivity contribution >= 4 is 18.3 Å². The Morgan fingerprint density at radius 3 is 1.96 bits per heavy atom. The minimum atomic E-state index is 0. The van der Waals surface area contributed by atoms with E-state index in [1.165, 1.54) is 64.2 Å². The molecule has 2 aliphatic heterocycles. The molecule has 2 unspecified atom stereocenters. The SMILES string of the molecule is CCCCCN(CCCCC)C(=O)CC1CC2CCC(C1)N2.Cl. The van der Waals surface area contributed by atoms with Crippen molar-refractivity contribution in [3.05, 3.63) is 0 Å². The molecule has 2 fully saturated rings. The standard InChI is InChI=1S/C19H36N2O.ClH/c1-3-5-7-11-21(12-8-6-4-2)19(22)15-16-13-17-9-10-18(14-16)20-17;/h16-18,20H,3-15H2,1-2H3;1H. The molecule has 0 aromatic carbocycles. The predicted molar refractivity (Wildman–Crippen MR) is 100 cm³/mol. The van der Waals surface area contributed by atoms with Crippen molar-refractivity contribution in [2.45, 2.75) is 96.6 Å². The van der Waals surface area contributed by atoms with Gasteiger partial charge in [0.25, 0.3) is 0 Å². The van der Waals surface area contributed by atoms with Gasteiger partial charge in [-0.15, -0.1) is 12.4 Å². The number of amides is 1. The Morgan fingerprint density at radius 2 is 1.48 bits per heavy atom. The molecule has 0 radical (unpaired) electrons. The number of hydrogen-bond donors (Lipinski definition) is 1. The van der Waals surface area contributed by atoms with E-state index in [1.807, 2.05) is 0 Å². The Kier molecular flexibility index (Phi) is 10.2. The van der Waals surface area contributed by atoms with Crippen LogP contribution in [0.5, 0.6) is 0 Å². The molecule has 2 aliphatic rings. The summed E-state index contributed by atoms with van der Waals surface area (Å²) in [6.45, 7) is 6.42. The van der Waals surface area contributed by atoms with E-state index >= 15 is 0 Å². The average Bonchev–Trinajstić information content (AvgIpc) is 2.85. The number of rotatable bonds is 10. The van der Waals surface area contributed by atoms with Gasteiger partial charge in [-0.05, 0) is 44.4 Å². The highest BCUT2D eigenvalue weighted by Crippen LogP contribution is 2.33. The van der Waals surface area contributed by atoms with Crippen LogP contribution in [0.25, 0.3) is 0 Å². The molecule has 23 heavy (non-hydrogen) atoms. The van der Waals surface area contributed by atoms with E-state index in [0.717, 1.165) is 19.5 Å². The van der Waals surface area contributed by atoms with E-state index in [2.05, 4.69) is 24.1 Å². The lowest BCUT2D eigenvalue weighted by Gasteiger charge is -2.31. The first-order valence-corrected chi connectivity index (χ1v) is 9.76. The van der Waals surface area contributed by atoms with Crippen LogP contribution >= 0.6 is 12.4 Å². The third-order valence-electron chi connectivity index (χ3n) is 5.45. The minimum absolute atomic E-state index is 0. The Hall–Kier alpha value is -0.280. The Bertz CT molecular complexity index is 315. The summed E-state index contributed by atoms with van der Waals surface area (Å²) >= 11 is 0. The maximum Gasteiger partial charge on any atom is 0.222 e. The van der Waals surface area contributed by atoms with Crippen molar-refractivity contribution in [1.29, 1.82) is 0 Å². The molecule has 0 spiro atoms. The number of carbonyl (C=O) groups is 1. The summed E-state index contributed by atoms with van der Waals surface area (Å²) in [7, 11) is 0. The summed E-state index contributed by atoms with van der Waals surface area (Å²) in [5, 5.41) is 3.68. The van der Waals surface area contributed by atoms with E-state index in [4.69, 9.17) is 0 Å². The number of halogens is 1. The lowest BCUT2D eigenvalue weighted by atomic mass is 9.89. The molecule has 2 atom stereocenters. The number of carbonyl (C=O) groups excluding carboxylic acids is 1. The molecular weight excluding hydrogens is 308 g/mol. The number of unbranched alkanes of at least 4 members (excludes halogenated alkanes) is 4. The van der Waals surface area contributed by atoms with Crippen LogP contribution in [0.3, 0.4) is 0 Å². The highest BCUT2D eigenvalue weighted by molar-refractivity contribution is 5.85. The molecular formula is C19H37ClN2O. The number of nitrogens with zero attached hydrogens (tertiary/aromatic N) is 1. The molecule has 2 rings (SSSR count). The average molecular weight is 345 g/mol. The predicted octanol–water partition coefficient (Wildman–Crippen LogP) is 4.54. The second kappa shape index (κ2) is 11.3. The first-order chi connectivity index (χ1) is 10.7. The summed E-state index contributed by atoms with van der Waals surface area (Å²) in [5.74, 6) is 1.06. The second-order valence-corrected chi connectivity index (χ2v) is 7.47. The third kappa shape index (κ3) is 7.01. The number of hydrogen-bond acceptors (Lipinski definition) is 2. The van der Waals surface area contributed by atoms with Gasteiger partial charge in [0.2, 0.25) is 5.91 Å². The van der Waals surface area contributed by atoms with Crippen molar-refractivity contribution in [1.82, 2.24) is 10.2 Å². The number of fused-ring (bicyclic) bond motifs is 2. The summed E-state index contributed by atoms with van der Waals surface area (Å²) in [4.78, 5) is 14.9. The van der Waals surface area contributed by atoms with Crippen LogP contribution in [0, 0.1) is 5.92 Å². The van der Waals surface area contributed by atoms with Crippen molar-refractivity contribution in [3.63, 3.8) is 0 Å². The number of piperidine rings is 1. The first-order valence-electron chi connectivity index (χ1n) is 9.76. The third-order valence-corrected chi connectivity index (χ3v) is 5.45. The van der Waals surface area contributed by atoms with E-state index in [1.54, 1.807) is 0 Å². The first kappa shape index (κ1) is 20.8. The van der Waals surface area contributed by atoms with Crippen LogP contribution in [-0.4, -0.2) is 36.0 Å². The van der Waals surface area contributed by atoms with E-state index in [9.17, 15) is 4.79 Å². The topological polar surface area (TPSA) is 32.3 Å². The molecule has 3 nitrogen and oxygen atoms in total. The van der Waals surface area contributed by atoms with Gasteiger partial charge in [0.15, 0.2) is 0 Å².